The van der Waals surface area contributed by atoms with E-state index in [-0.39, 0.29) is 11.9 Å². The number of nitrogens with zero attached hydrogens (tertiary/aromatic N) is 5. The summed E-state index contributed by atoms with van der Waals surface area (Å²) < 4.78 is 5.75. The minimum atomic E-state index is -0.279. The number of amides is 1. The molecule has 0 saturated carbocycles. The monoisotopic (exact) mass is 515 g/mol. The molecule has 3 heterocycles. The molecule has 38 heavy (non-hydrogen) atoms. The fraction of sp³-hybridized carbons (Fsp3) is 0.321. The molecule has 10 heteroatoms. The molecule has 2 aliphatic rings. The number of ether oxygens (including phenoxy) is 1. The number of benzene rings is 2. The van der Waals surface area contributed by atoms with Crippen LogP contribution < -0.4 is 25.3 Å². The first-order chi connectivity index (χ1) is 18.6. The van der Waals surface area contributed by atoms with E-state index < -0.39 is 0 Å². The van der Waals surface area contributed by atoms with Crippen molar-refractivity contribution in [3.63, 3.8) is 0 Å². The maximum absolute atomic E-state index is 12.3. The van der Waals surface area contributed by atoms with Crippen molar-refractivity contribution >= 4 is 34.6 Å². The Morgan fingerprint density at radius 2 is 1.89 bits per heavy atom. The van der Waals surface area contributed by atoms with E-state index in [0.717, 1.165) is 38.3 Å². The maximum Gasteiger partial charge on any atom is 0.247 e. The lowest BCUT2D eigenvalue weighted by Gasteiger charge is -2.35. The number of rotatable bonds is 8. The average Bonchev–Trinajstić information content (AvgIpc) is 3.45. The fourth-order valence-corrected chi connectivity index (χ4v) is 4.78. The summed E-state index contributed by atoms with van der Waals surface area (Å²) >= 11 is 0. The second kappa shape index (κ2) is 11.5. The second-order valence-electron chi connectivity index (χ2n) is 9.31. The third-order valence-electron chi connectivity index (χ3n) is 6.84. The van der Waals surface area contributed by atoms with Crippen molar-refractivity contribution in [2.45, 2.75) is 12.5 Å². The van der Waals surface area contributed by atoms with E-state index in [1.54, 1.807) is 7.11 Å². The Morgan fingerprint density at radius 3 is 2.63 bits per heavy atom. The molecule has 2 aliphatic heterocycles. The van der Waals surface area contributed by atoms with E-state index in [4.69, 9.17) is 9.57 Å². The van der Waals surface area contributed by atoms with Crippen LogP contribution in [0.2, 0.25) is 0 Å². The Bertz CT molecular complexity index is 1280. The molecule has 0 aliphatic carbocycles. The zero-order valence-electron chi connectivity index (χ0n) is 21.8. The predicted octanol–water partition coefficient (Wildman–Crippen LogP) is 3.99. The van der Waals surface area contributed by atoms with Crippen LogP contribution in [0.4, 0.5) is 28.7 Å². The SMILES string of the molecule is C=CC(=O)Nc1cc(Nc2cc(N3OCC[C@@H]3c3ccccc3)ncn2)c(OC)cc1N1CCN(C)CC1. The number of nitrogens with one attached hydrogen (secondary N) is 2. The highest BCUT2D eigenvalue weighted by molar-refractivity contribution is 6.02. The van der Waals surface area contributed by atoms with Gasteiger partial charge in [-0.2, -0.15) is 0 Å². The minimum absolute atomic E-state index is 0.0667. The summed E-state index contributed by atoms with van der Waals surface area (Å²) in [6.45, 7) is 7.77. The maximum atomic E-state index is 12.3. The number of anilines is 5. The van der Waals surface area contributed by atoms with Gasteiger partial charge in [-0.25, -0.2) is 15.0 Å². The van der Waals surface area contributed by atoms with Crippen LogP contribution in [0, 0.1) is 0 Å². The molecule has 2 fully saturated rings. The number of aromatic nitrogens is 2. The molecule has 1 aromatic heterocycles. The number of methoxy groups -OCH3 is 1. The summed E-state index contributed by atoms with van der Waals surface area (Å²) in [7, 11) is 3.74. The van der Waals surface area contributed by atoms with Gasteiger partial charge in [0.05, 0.1) is 36.8 Å². The zero-order valence-corrected chi connectivity index (χ0v) is 21.8. The molecular formula is C28H33N7O3. The van der Waals surface area contributed by atoms with Crippen LogP contribution in [0.3, 0.4) is 0 Å². The highest BCUT2D eigenvalue weighted by Crippen LogP contribution is 2.39. The third-order valence-corrected chi connectivity index (χ3v) is 6.84. The number of carbonyl (C=O) groups excluding carboxylic acids is 1. The highest BCUT2D eigenvalue weighted by Gasteiger charge is 2.29. The Kier molecular flexibility index (Phi) is 7.71. The van der Waals surface area contributed by atoms with E-state index in [9.17, 15) is 4.79 Å². The Balaban J connectivity index is 1.44. The van der Waals surface area contributed by atoms with E-state index in [0.29, 0.717) is 35.4 Å². The topological polar surface area (TPSA) is 95.1 Å². The quantitative estimate of drug-likeness (QED) is 0.432. The number of piperazine rings is 1. The van der Waals surface area contributed by atoms with Crippen molar-refractivity contribution in [3.05, 3.63) is 73.1 Å². The highest BCUT2D eigenvalue weighted by atomic mass is 16.7. The Labute approximate surface area is 222 Å². The Morgan fingerprint density at radius 1 is 1.11 bits per heavy atom. The summed E-state index contributed by atoms with van der Waals surface area (Å²) in [6, 6.07) is 16.0. The van der Waals surface area contributed by atoms with Gasteiger partial charge in [0.2, 0.25) is 5.91 Å². The first-order valence-electron chi connectivity index (χ1n) is 12.7. The summed E-state index contributed by atoms with van der Waals surface area (Å²) in [5, 5.41) is 8.15. The zero-order chi connectivity index (χ0) is 26.5. The predicted molar refractivity (Wildman–Crippen MR) is 149 cm³/mol. The van der Waals surface area contributed by atoms with Gasteiger partial charge in [-0.05, 0) is 24.8 Å². The molecule has 0 bridgehead atoms. The van der Waals surface area contributed by atoms with Gasteiger partial charge in [-0.1, -0.05) is 36.9 Å². The van der Waals surface area contributed by atoms with Gasteiger partial charge in [0.15, 0.2) is 5.82 Å². The molecule has 198 valence electrons. The molecular weight excluding hydrogens is 482 g/mol. The third kappa shape index (κ3) is 5.56. The Hall–Kier alpha value is -4.15. The van der Waals surface area contributed by atoms with Crippen LogP contribution in [0.1, 0.15) is 18.0 Å². The lowest BCUT2D eigenvalue weighted by molar-refractivity contribution is -0.111. The normalized spacial score (nSPS) is 17.8. The molecule has 3 aromatic rings. The standard InChI is InChI=1S/C28H33N7O3/c1-4-28(36)32-21-16-22(25(37-3)17-24(21)34-13-11-33(2)12-14-34)31-26-18-27(30-19-29-26)35-23(10-15-38-35)20-8-6-5-7-9-20/h4-9,16-19,23H,1,10-15H2,2-3H3,(H,32,36)(H,29,30,31)/t23-/m1/s1. The van der Waals surface area contributed by atoms with E-state index in [1.165, 1.54) is 18.0 Å². The molecule has 0 radical (unpaired) electrons. The van der Waals surface area contributed by atoms with Gasteiger partial charge < -0.3 is 25.2 Å². The first-order valence-corrected chi connectivity index (χ1v) is 12.7. The van der Waals surface area contributed by atoms with Crippen LogP contribution in [0.15, 0.2) is 67.5 Å². The summed E-state index contributed by atoms with van der Waals surface area (Å²) in [6.07, 6.45) is 3.64. The van der Waals surface area contributed by atoms with Crippen LogP contribution in [-0.4, -0.2) is 67.7 Å². The molecule has 0 unspecified atom stereocenters. The number of hydroxylamine groups is 1. The van der Waals surface area contributed by atoms with E-state index in [2.05, 4.69) is 56.2 Å². The first kappa shape index (κ1) is 25.5. The number of hydrogen-bond donors (Lipinski definition) is 2. The molecule has 1 amide bonds. The smallest absolute Gasteiger partial charge is 0.247 e. The van der Waals surface area contributed by atoms with Crippen molar-refractivity contribution < 1.29 is 14.4 Å². The number of likely N-dealkylation sites (N-methyl/N-ethyl adjacent to an activating group) is 1. The van der Waals surface area contributed by atoms with Gasteiger partial charge in [0.25, 0.3) is 0 Å². The summed E-state index contributed by atoms with van der Waals surface area (Å²) in [5.74, 6) is 1.58. The fourth-order valence-electron chi connectivity index (χ4n) is 4.78. The average molecular weight is 516 g/mol. The molecule has 1 atom stereocenters. The number of carbonyl (C=O) groups is 1. The van der Waals surface area contributed by atoms with E-state index in [1.807, 2.05) is 41.5 Å². The van der Waals surface area contributed by atoms with Gasteiger partial charge in [-0.15, -0.1) is 0 Å². The van der Waals surface area contributed by atoms with E-state index >= 15 is 0 Å². The van der Waals surface area contributed by atoms with Crippen LogP contribution in [-0.2, 0) is 9.63 Å². The second-order valence-corrected chi connectivity index (χ2v) is 9.31. The lowest BCUT2D eigenvalue weighted by Crippen LogP contribution is -2.44. The van der Waals surface area contributed by atoms with Crippen LogP contribution >= 0.6 is 0 Å². The summed E-state index contributed by atoms with van der Waals surface area (Å²) in [5.41, 5.74) is 3.40. The molecule has 2 N–H and O–H groups in total. The van der Waals surface area contributed by atoms with Crippen molar-refractivity contribution in [2.24, 2.45) is 0 Å². The van der Waals surface area contributed by atoms with Gasteiger partial charge >= 0.3 is 0 Å². The molecule has 5 rings (SSSR count). The van der Waals surface area contributed by atoms with Crippen molar-refractivity contribution in [1.29, 1.82) is 0 Å². The molecule has 2 saturated heterocycles. The summed E-state index contributed by atoms with van der Waals surface area (Å²) in [4.78, 5) is 31.7. The number of hydrogen-bond acceptors (Lipinski definition) is 9. The van der Waals surface area contributed by atoms with Crippen molar-refractivity contribution in [1.82, 2.24) is 14.9 Å². The minimum Gasteiger partial charge on any atom is -0.494 e. The molecule has 0 spiro atoms. The van der Waals surface area contributed by atoms with Gasteiger partial charge in [0, 0.05) is 44.7 Å². The van der Waals surface area contributed by atoms with Crippen molar-refractivity contribution in [3.8, 4) is 5.75 Å². The molecule has 2 aromatic carbocycles. The largest absolute Gasteiger partial charge is 0.494 e. The lowest BCUT2D eigenvalue weighted by atomic mass is 10.0. The van der Waals surface area contributed by atoms with Crippen molar-refractivity contribution in [2.75, 3.05) is 67.5 Å². The van der Waals surface area contributed by atoms with Crippen LogP contribution in [0.25, 0.3) is 0 Å². The van der Waals surface area contributed by atoms with Crippen LogP contribution in [0.5, 0.6) is 5.75 Å². The van der Waals surface area contributed by atoms with Gasteiger partial charge in [-0.3, -0.25) is 9.63 Å². The van der Waals surface area contributed by atoms with Gasteiger partial charge in [0.1, 0.15) is 17.9 Å². The molecule has 10 nitrogen and oxygen atoms in total.